The molecule has 1 aliphatic rings. The first-order valence-corrected chi connectivity index (χ1v) is 7.75. The maximum atomic E-state index is 12.3. The van der Waals surface area contributed by atoms with Gasteiger partial charge in [0.25, 0.3) is 0 Å². The van der Waals surface area contributed by atoms with Crippen LogP contribution in [0.25, 0.3) is 0 Å². The van der Waals surface area contributed by atoms with E-state index in [1.165, 1.54) is 0 Å². The molecule has 122 valence electrons. The Morgan fingerprint density at radius 2 is 2.14 bits per heavy atom. The Morgan fingerprint density at radius 1 is 1.43 bits per heavy atom. The van der Waals surface area contributed by atoms with E-state index in [0.717, 1.165) is 38.8 Å². The molecule has 1 rings (SSSR count). The number of aliphatic imine (C=N–C) groups is 1. The number of guanidine groups is 1. The highest BCUT2D eigenvalue weighted by Crippen LogP contribution is 2.17. The average molecular weight is 298 g/mol. The number of carbonyl (C=O) groups is 1. The lowest BCUT2D eigenvalue weighted by Crippen LogP contribution is -2.48. The van der Waals surface area contributed by atoms with E-state index in [2.05, 4.69) is 15.2 Å². The number of nitrogens with zero attached hydrogens (tertiary/aromatic N) is 2. The van der Waals surface area contributed by atoms with Crippen molar-refractivity contribution < 1.29 is 4.79 Å². The van der Waals surface area contributed by atoms with Crippen molar-refractivity contribution in [2.45, 2.75) is 57.7 Å². The molecule has 7 N–H and O–H groups in total. The minimum atomic E-state index is -0.0313. The lowest BCUT2D eigenvalue weighted by molar-refractivity contribution is -0.126. The first-order chi connectivity index (χ1) is 9.90. The van der Waals surface area contributed by atoms with Gasteiger partial charge in [0.2, 0.25) is 5.91 Å². The fourth-order valence-electron chi connectivity index (χ4n) is 2.73. The molecule has 21 heavy (non-hydrogen) atoms. The van der Waals surface area contributed by atoms with Gasteiger partial charge >= 0.3 is 0 Å². The summed E-state index contributed by atoms with van der Waals surface area (Å²) in [4.78, 5) is 18.4. The zero-order valence-electron chi connectivity index (χ0n) is 13.2. The van der Waals surface area contributed by atoms with Crippen molar-refractivity contribution in [3.63, 3.8) is 0 Å². The predicted molar refractivity (Wildman–Crippen MR) is 85.8 cm³/mol. The van der Waals surface area contributed by atoms with Crippen molar-refractivity contribution in [3.8, 4) is 0 Å². The highest BCUT2D eigenvalue weighted by molar-refractivity contribution is 5.82. The zero-order chi connectivity index (χ0) is 15.8. The third-order valence-electron chi connectivity index (χ3n) is 3.67. The van der Waals surface area contributed by atoms with Crippen molar-refractivity contribution in [2.24, 2.45) is 22.2 Å². The Bertz CT molecular complexity index is 353. The highest BCUT2D eigenvalue weighted by Gasteiger charge is 2.31. The van der Waals surface area contributed by atoms with E-state index in [-0.39, 0.29) is 30.0 Å². The number of hydrogen-bond acceptors (Lipinski definition) is 4. The normalized spacial score (nSPS) is 21.8. The van der Waals surface area contributed by atoms with Gasteiger partial charge in [-0.05, 0) is 46.1 Å². The van der Waals surface area contributed by atoms with Crippen LogP contribution in [-0.2, 0) is 4.79 Å². The molecule has 0 aromatic rings. The predicted octanol–water partition coefficient (Wildman–Crippen LogP) is -0.644. The van der Waals surface area contributed by atoms with Gasteiger partial charge in [-0.1, -0.05) is 0 Å². The molecular formula is C14H30N6O. The first kappa shape index (κ1) is 17.7. The van der Waals surface area contributed by atoms with E-state index in [1.54, 1.807) is 0 Å². The topological polar surface area (TPSA) is 123 Å². The molecular weight excluding hydrogens is 268 g/mol. The molecule has 0 aliphatic carbocycles. The van der Waals surface area contributed by atoms with Crippen molar-refractivity contribution >= 4 is 11.9 Å². The Labute approximate surface area is 127 Å². The maximum Gasteiger partial charge on any atom is 0.237 e. The van der Waals surface area contributed by atoms with E-state index >= 15 is 0 Å². The fraction of sp³-hybridized carbons (Fsp3) is 0.857. The number of hydrogen-bond donors (Lipinski definition) is 4. The minimum Gasteiger partial charge on any atom is -0.370 e. The van der Waals surface area contributed by atoms with Crippen LogP contribution in [0, 0.1) is 0 Å². The zero-order valence-corrected chi connectivity index (χ0v) is 13.2. The van der Waals surface area contributed by atoms with Gasteiger partial charge in [-0.3, -0.25) is 14.7 Å². The summed E-state index contributed by atoms with van der Waals surface area (Å²) in [5.74, 6) is 0.228. The molecule has 7 nitrogen and oxygen atoms in total. The van der Waals surface area contributed by atoms with Crippen molar-refractivity contribution in [2.75, 3.05) is 19.6 Å². The van der Waals surface area contributed by atoms with Gasteiger partial charge in [0.1, 0.15) is 0 Å². The van der Waals surface area contributed by atoms with Crippen LogP contribution in [0.1, 0.15) is 39.5 Å². The van der Waals surface area contributed by atoms with Gasteiger partial charge in [-0.15, -0.1) is 0 Å². The summed E-state index contributed by atoms with van der Waals surface area (Å²) in [6.45, 7) is 6.32. The molecule has 1 fully saturated rings. The van der Waals surface area contributed by atoms with E-state index in [4.69, 9.17) is 17.2 Å². The number of nitrogens with one attached hydrogen (secondary N) is 1. The summed E-state index contributed by atoms with van der Waals surface area (Å²) in [5.41, 5.74) is 16.4. The third-order valence-corrected chi connectivity index (χ3v) is 3.67. The second-order valence-electron chi connectivity index (χ2n) is 5.99. The van der Waals surface area contributed by atoms with Crippen LogP contribution in [0.2, 0.25) is 0 Å². The molecule has 0 radical (unpaired) electrons. The van der Waals surface area contributed by atoms with E-state index in [9.17, 15) is 4.79 Å². The van der Waals surface area contributed by atoms with Gasteiger partial charge in [0, 0.05) is 25.2 Å². The molecule has 0 saturated carbocycles. The molecule has 1 amide bonds. The number of rotatable bonds is 8. The third kappa shape index (κ3) is 6.77. The Balaban J connectivity index is 2.32. The molecule has 3 atom stereocenters. The summed E-state index contributed by atoms with van der Waals surface area (Å²) in [7, 11) is 0. The SMILES string of the molecule is C[C@H](N)CN1CCCC1C(=O)N[C@H](C)CCCN=C(N)N. The Kier molecular flexibility index (Phi) is 7.45. The van der Waals surface area contributed by atoms with Crippen LogP contribution in [0.5, 0.6) is 0 Å². The average Bonchev–Trinajstić information content (AvgIpc) is 2.81. The Morgan fingerprint density at radius 3 is 2.76 bits per heavy atom. The second kappa shape index (κ2) is 8.84. The van der Waals surface area contributed by atoms with Crippen LogP contribution in [0.3, 0.4) is 0 Å². The largest absolute Gasteiger partial charge is 0.370 e. The van der Waals surface area contributed by atoms with Crippen LogP contribution in [0.15, 0.2) is 4.99 Å². The number of amides is 1. The second-order valence-corrected chi connectivity index (χ2v) is 5.99. The molecule has 1 aliphatic heterocycles. The summed E-state index contributed by atoms with van der Waals surface area (Å²) in [5, 5.41) is 3.08. The standard InChI is InChI=1S/C14H30N6O/c1-10(15)9-20-8-4-6-12(20)13(21)19-11(2)5-3-7-18-14(16)17/h10-12H,3-9,15H2,1-2H3,(H,19,21)(H4,16,17,18)/t10-,11+,12?/m0/s1. The van der Waals surface area contributed by atoms with Gasteiger partial charge < -0.3 is 22.5 Å². The summed E-state index contributed by atoms with van der Waals surface area (Å²) in [6.07, 6.45) is 3.69. The molecule has 0 spiro atoms. The van der Waals surface area contributed by atoms with Crippen molar-refractivity contribution in [1.29, 1.82) is 0 Å². The van der Waals surface area contributed by atoms with Crippen molar-refractivity contribution in [1.82, 2.24) is 10.2 Å². The van der Waals surface area contributed by atoms with E-state index in [1.807, 2.05) is 13.8 Å². The minimum absolute atomic E-state index is 0.0313. The quantitative estimate of drug-likeness (QED) is 0.269. The van der Waals surface area contributed by atoms with E-state index in [0.29, 0.717) is 6.54 Å². The first-order valence-electron chi connectivity index (χ1n) is 7.75. The van der Waals surface area contributed by atoms with Gasteiger partial charge in [-0.25, -0.2) is 0 Å². The summed E-state index contributed by atoms with van der Waals surface area (Å²) < 4.78 is 0. The van der Waals surface area contributed by atoms with Crippen LogP contribution >= 0.6 is 0 Å². The van der Waals surface area contributed by atoms with Crippen LogP contribution in [0.4, 0.5) is 0 Å². The van der Waals surface area contributed by atoms with Crippen LogP contribution < -0.4 is 22.5 Å². The van der Waals surface area contributed by atoms with Gasteiger partial charge in [0.05, 0.1) is 6.04 Å². The molecule has 0 aromatic carbocycles. The lowest BCUT2D eigenvalue weighted by Gasteiger charge is -2.26. The van der Waals surface area contributed by atoms with Gasteiger partial charge in [0.15, 0.2) is 5.96 Å². The van der Waals surface area contributed by atoms with Crippen LogP contribution in [-0.4, -0.2) is 54.5 Å². The number of nitrogens with two attached hydrogens (primary N) is 3. The molecule has 1 heterocycles. The molecule has 7 heteroatoms. The highest BCUT2D eigenvalue weighted by atomic mass is 16.2. The molecule has 1 unspecified atom stereocenters. The van der Waals surface area contributed by atoms with E-state index < -0.39 is 0 Å². The summed E-state index contributed by atoms with van der Waals surface area (Å²) in [6, 6.07) is 0.191. The molecule has 1 saturated heterocycles. The number of likely N-dealkylation sites (tertiary alicyclic amines) is 1. The monoisotopic (exact) mass is 298 g/mol. The van der Waals surface area contributed by atoms with Crippen molar-refractivity contribution in [3.05, 3.63) is 0 Å². The summed E-state index contributed by atoms with van der Waals surface area (Å²) >= 11 is 0. The molecule has 0 aromatic heterocycles. The molecule has 0 bridgehead atoms. The maximum absolute atomic E-state index is 12.3. The fourth-order valence-corrected chi connectivity index (χ4v) is 2.73. The van der Waals surface area contributed by atoms with Gasteiger partial charge in [-0.2, -0.15) is 0 Å². The number of carbonyl (C=O) groups excluding carboxylic acids is 1. The smallest absolute Gasteiger partial charge is 0.237 e. The Hall–Kier alpha value is -1.34. The lowest BCUT2D eigenvalue weighted by atomic mass is 10.1.